The Bertz CT molecular complexity index is 1070. The summed E-state index contributed by atoms with van der Waals surface area (Å²) in [4.78, 5) is 0. The number of methoxy groups -OCH3 is 2. The molecule has 4 nitrogen and oxygen atoms in total. The summed E-state index contributed by atoms with van der Waals surface area (Å²) in [5.41, 5.74) is 6.09. The average Bonchev–Trinajstić information content (AvgIpc) is 3.23. The van der Waals surface area contributed by atoms with Crippen molar-refractivity contribution in [3.63, 3.8) is 0 Å². The fourth-order valence-electron chi connectivity index (χ4n) is 3.62. The first-order valence-electron chi connectivity index (χ1n) is 9.72. The van der Waals surface area contributed by atoms with Crippen molar-refractivity contribution in [2.75, 3.05) is 14.2 Å². The lowest BCUT2D eigenvalue weighted by Gasteiger charge is -2.13. The number of hydrogen-bond acceptors (Lipinski definition) is 3. The molecule has 146 valence electrons. The molecule has 0 bridgehead atoms. The Balaban J connectivity index is 1.99. The molecule has 0 radical (unpaired) electrons. The van der Waals surface area contributed by atoms with Gasteiger partial charge < -0.3 is 9.47 Å². The SMILES string of the molecule is CCc1ccccc1-n1nc(-c2ccccc2OC)cc1-c1ccccc1OC. The average molecular weight is 384 g/mol. The first-order valence-corrected chi connectivity index (χ1v) is 9.72. The summed E-state index contributed by atoms with van der Waals surface area (Å²) in [5, 5.41) is 5.00. The van der Waals surface area contributed by atoms with Crippen LogP contribution in [0.4, 0.5) is 0 Å². The molecular weight excluding hydrogens is 360 g/mol. The second-order valence-corrected chi connectivity index (χ2v) is 6.71. The quantitative estimate of drug-likeness (QED) is 0.422. The lowest BCUT2D eigenvalue weighted by molar-refractivity contribution is 0.416. The van der Waals surface area contributed by atoms with E-state index < -0.39 is 0 Å². The predicted molar refractivity (Wildman–Crippen MR) is 117 cm³/mol. The molecule has 0 amide bonds. The molecule has 0 saturated heterocycles. The molecule has 0 unspecified atom stereocenters. The van der Waals surface area contributed by atoms with Gasteiger partial charge in [0.1, 0.15) is 11.5 Å². The van der Waals surface area contributed by atoms with Crippen molar-refractivity contribution in [2.24, 2.45) is 0 Å². The number of hydrogen-bond donors (Lipinski definition) is 0. The normalized spacial score (nSPS) is 10.7. The van der Waals surface area contributed by atoms with E-state index in [0.717, 1.165) is 46.1 Å². The zero-order chi connectivity index (χ0) is 20.2. The van der Waals surface area contributed by atoms with Crippen LogP contribution in [0.3, 0.4) is 0 Å². The minimum absolute atomic E-state index is 0.799. The highest BCUT2D eigenvalue weighted by Crippen LogP contribution is 2.37. The van der Waals surface area contributed by atoms with Gasteiger partial charge in [0.05, 0.1) is 31.3 Å². The van der Waals surface area contributed by atoms with Crippen molar-refractivity contribution in [1.29, 1.82) is 0 Å². The van der Waals surface area contributed by atoms with Crippen molar-refractivity contribution < 1.29 is 9.47 Å². The van der Waals surface area contributed by atoms with Crippen LogP contribution in [0.15, 0.2) is 78.9 Å². The molecule has 0 spiro atoms. The molecular formula is C25H24N2O2. The Kier molecular flexibility index (Phi) is 5.34. The molecule has 3 aromatic carbocycles. The van der Waals surface area contributed by atoms with Crippen molar-refractivity contribution in [1.82, 2.24) is 9.78 Å². The molecule has 29 heavy (non-hydrogen) atoms. The van der Waals surface area contributed by atoms with E-state index in [1.54, 1.807) is 14.2 Å². The molecule has 1 aromatic heterocycles. The number of nitrogens with zero attached hydrogens (tertiary/aromatic N) is 2. The minimum atomic E-state index is 0.799. The summed E-state index contributed by atoms with van der Waals surface area (Å²) in [6, 6.07) is 26.4. The molecule has 0 N–H and O–H groups in total. The second-order valence-electron chi connectivity index (χ2n) is 6.71. The van der Waals surface area contributed by atoms with Gasteiger partial charge in [0.15, 0.2) is 0 Å². The Morgan fingerprint density at radius 3 is 2.03 bits per heavy atom. The van der Waals surface area contributed by atoms with Gasteiger partial charge in [-0.2, -0.15) is 5.10 Å². The maximum absolute atomic E-state index is 5.64. The Morgan fingerprint density at radius 1 is 0.759 bits per heavy atom. The summed E-state index contributed by atoms with van der Waals surface area (Å²) in [6.45, 7) is 2.16. The van der Waals surface area contributed by atoms with Gasteiger partial charge in [0.2, 0.25) is 0 Å². The van der Waals surface area contributed by atoms with Crippen molar-refractivity contribution >= 4 is 0 Å². The number of rotatable bonds is 6. The van der Waals surface area contributed by atoms with Gasteiger partial charge in [0, 0.05) is 11.1 Å². The molecule has 0 saturated carbocycles. The fraction of sp³-hybridized carbons (Fsp3) is 0.160. The largest absolute Gasteiger partial charge is 0.496 e. The van der Waals surface area contributed by atoms with E-state index in [4.69, 9.17) is 14.6 Å². The van der Waals surface area contributed by atoms with Gasteiger partial charge in [-0.15, -0.1) is 0 Å². The second kappa shape index (κ2) is 8.23. The van der Waals surface area contributed by atoms with Crippen LogP contribution >= 0.6 is 0 Å². The van der Waals surface area contributed by atoms with Crippen LogP contribution in [0.25, 0.3) is 28.2 Å². The van der Waals surface area contributed by atoms with Crippen LogP contribution in [-0.4, -0.2) is 24.0 Å². The summed E-state index contributed by atoms with van der Waals surface area (Å²) in [5.74, 6) is 1.61. The van der Waals surface area contributed by atoms with E-state index in [9.17, 15) is 0 Å². The van der Waals surface area contributed by atoms with Crippen LogP contribution in [0.5, 0.6) is 11.5 Å². The maximum atomic E-state index is 5.64. The molecule has 4 heteroatoms. The first kappa shape index (κ1) is 18.8. The third kappa shape index (κ3) is 3.49. The zero-order valence-electron chi connectivity index (χ0n) is 16.9. The van der Waals surface area contributed by atoms with E-state index in [2.05, 4.69) is 37.3 Å². The highest BCUT2D eigenvalue weighted by atomic mass is 16.5. The Morgan fingerprint density at radius 2 is 1.34 bits per heavy atom. The van der Waals surface area contributed by atoms with Gasteiger partial charge >= 0.3 is 0 Å². The van der Waals surface area contributed by atoms with Gasteiger partial charge in [-0.1, -0.05) is 49.4 Å². The van der Waals surface area contributed by atoms with E-state index in [1.807, 2.05) is 53.2 Å². The lowest BCUT2D eigenvalue weighted by atomic mass is 10.1. The Hall–Kier alpha value is -3.53. The van der Waals surface area contributed by atoms with Crippen LogP contribution in [0.2, 0.25) is 0 Å². The summed E-state index contributed by atoms with van der Waals surface area (Å²) in [7, 11) is 3.38. The molecule has 0 fully saturated rings. The van der Waals surface area contributed by atoms with Crippen LogP contribution < -0.4 is 9.47 Å². The monoisotopic (exact) mass is 384 g/mol. The molecule has 4 rings (SSSR count). The van der Waals surface area contributed by atoms with E-state index in [1.165, 1.54) is 5.56 Å². The van der Waals surface area contributed by atoms with Gasteiger partial charge in [-0.05, 0) is 48.4 Å². The van der Waals surface area contributed by atoms with Crippen LogP contribution in [0, 0.1) is 0 Å². The molecule has 0 aliphatic rings. The number of benzene rings is 3. The van der Waals surface area contributed by atoms with E-state index >= 15 is 0 Å². The topological polar surface area (TPSA) is 36.3 Å². The molecule has 0 atom stereocenters. The smallest absolute Gasteiger partial charge is 0.128 e. The predicted octanol–water partition coefficient (Wildman–Crippen LogP) is 5.79. The third-order valence-corrected chi connectivity index (χ3v) is 5.08. The number of aryl methyl sites for hydroxylation is 1. The van der Waals surface area contributed by atoms with Gasteiger partial charge in [-0.25, -0.2) is 4.68 Å². The van der Waals surface area contributed by atoms with Crippen molar-refractivity contribution in [2.45, 2.75) is 13.3 Å². The van der Waals surface area contributed by atoms with Crippen molar-refractivity contribution in [3.8, 4) is 39.7 Å². The zero-order valence-corrected chi connectivity index (χ0v) is 16.9. The number of para-hydroxylation sites is 3. The molecule has 0 aliphatic carbocycles. The molecule has 1 heterocycles. The Labute approximate surface area is 171 Å². The van der Waals surface area contributed by atoms with E-state index in [-0.39, 0.29) is 0 Å². The first-order chi connectivity index (χ1) is 14.3. The van der Waals surface area contributed by atoms with Crippen LogP contribution in [-0.2, 0) is 6.42 Å². The third-order valence-electron chi connectivity index (χ3n) is 5.08. The molecule has 0 aliphatic heterocycles. The maximum Gasteiger partial charge on any atom is 0.128 e. The number of aromatic nitrogens is 2. The fourth-order valence-corrected chi connectivity index (χ4v) is 3.62. The van der Waals surface area contributed by atoms with Crippen molar-refractivity contribution in [3.05, 3.63) is 84.4 Å². The summed E-state index contributed by atoms with van der Waals surface area (Å²) >= 11 is 0. The number of ether oxygens (including phenoxy) is 2. The standard InChI is InChI=1S/C25H24N2O2/c1-4-18-11-5-8-14-22(18)27-23(20-13-7-10-16-25(20)29-3)17-21(26-27)19-12-6-9-15-24(19)28-2/h5-17H,4H2,1-3H3. The molecule has 4 aromatic rings. The lowest BCUT2D eigenvalue weighted by Crippen LogP contribution is -2.03. The van der Waals surface area contributed by atoms with Crippen LogP contribution in [0.1, 0.15) is 12.5 Å². The highest BCUT2D eigenvalue weighted by Gasteiger charge is 2.19. The van der Waals surface area contributed by atoms with E-state index in [0.29, 0.717) is 0 Å². The van der Waals surface area contributed by atoms with Gasteiger partial charge in [0.25, 0.3) is 0 Å². The minimum Gasteiger partial charge on any atom is -0.496 e. The van der Waals surface area contributed by atoms with Gasteiger partial charge in [-0.3, -0.25) is 0 Å². The highest BCUT2D eigenvalue weighted by molar-refractivity contribution is 5.76. The summed E-state index contributed by atoms with van der Waals surface area (Å²) < 4.78 is 13.2. The summed E-state index contributed by atoms with van der Waals surface area (Å²) in [6.07, 6.45) is 0.922.